The monoisotopic (exact) mass is 296 g/mol. The first-order valence-electron chi connectivity index (χ1n) is 6.13. The third-order valence-corrected chi connectivity index (χ3v) is 4.08. The van der Waals surface area contributed by atoms with Gasteiger partial charge in [-0.05, 0) is 45.8 Å². The normalized spacial score (nSPS) is 11.6. The molecule has 2 heterocycles. The summed E-state index contributed by atoms with van der Waals surface area (Å²) in [6.45, 7) is 0. The summed E-state index contributed by atoms with van der Waals surface area (Å²) in [4.78, 5) is 9.04. The molecule has 0 spiro atoms. The number of hydrogen-bond donors (Lipinski definition) is 0. The molecule has 0 fully saturated rings. The Morgan fingerprint density at radius 1 is 0.700 bits per heavy atom. The molecule has 4 heteroatoms. The average molecular weight is 296 g/mol. The van der Waals surface area contributed by atoms with Gasteiger partial charge in [0.2, 0.25) is 0 Å². The quantitative estimate of drug-likeness (QED) is 0.583. The van der Waals surface area contributed by atoms with Crippen LogP contribution >= 0.6 is 22.7 Å². The van der Waals surface area contributed by atoms with E-state index in [1.165, 1.54) is 0 Å². The smallest absolute Gasteiger partial charge is 0.0886 e. The van der Waals surface area contributed by atoms with E-state index in [2.05, 4.69) is 20.7 Å². The highest BCUT2D eigenvalue weighted by atomic mass is 32.1. The Bertz CT molecular complexity index is 648. The van der Waals surface area contributed by atoms with Crippen molar-refractivity contribution in [2.24, 2.45) is 9.98 Å². The minimum Gasteiger partial charge on any atom is -0.254 e. The predicted octanol–water partition coefficient (Wildman–Crippen LogP) is 5.31. The SMILES string of the molecule is C(=Nc1ccccc1N=Cc1ccsc1)c1ccsc1. The van der Waals surface area contributed by atoms with Crippen molar-refractivity contribution in [3.05, 3.63) is 69.0 Å². The molecule has 20 heavy (non-hydrogen) atoms. The summed E-state index contributed by atoms with van der Waals surface area (Å²) < 4.78 is 0. The second-order valence-corrected chi connectivity index (χ2v) is 5.68. The first-order valence-corrected chi connectivity index (χ1v) is 8.02. The molecule has 0 saturated heterocycles. The van der Waals surface area contributed by atoms with Gasteiger partial charge in [-0.1, -0.05) is 12.1 Å². The second kappa shape index (κ2) is 6.41. The Labute approximate surface area is 125 Å². The Morgan fingerprint density at radius 3 is 1.60 bits per heavy atom. The molecular formula is C16H12N2S2. The second-order valence-electron chi connectivity index (χ2n) is 4.12. The highest BCUT2D eigenvalue weighted by Gasteiger charge is 1.97. The Kier molecular flexibility index (Phi) is 4.16. The maximum Gasteiger partial charge on any atom is 0.0886 e. The zero-order valence-electron chi connectivity index (χ0n) is 10.6. The summed E-state index contributed by atoms with van der Waals surface area (Å²) in [6.07, 6.45) is 3.74. The zero-order chi connectivity index (χ0) is 13.6. The molecule has 0 bridgehead atoms. The van der Waals surface area contributed by atoms with Crippen LogP contribution in [-0.2, 0) is 0 Å². The van der Waals surface area contributed by atoms with Gasteiger partial charge >= 0.3 is 0 Å². The van der Waals surface area contributed by atoms with E-state index in [0.717, 1.165) is 22.5 Å². The highest BCUT2D eigenvalue weighted by molar-refractivity contribution is 7.08. The van der Waals surface area contributed by atoms with Crippen LogP contribution in [0.5, 0.6) is 0 Å². The van der Waals surface area contributed by atoms with E-state index >= 15 is 0 Å². The summed E-state index contributed by atoms with van der Waals surface area (Å²) >= 11 is 3.34. The van der Waals surface area contributed by atoms with Crippen molar-refractivity contribution in [1.29, 1.82) is 0 Å². The van der Waals surface area contributed by atoms with Crippen molar-refractivity contribution < 1.29 is 0 Å². The Hall–Kier alpha value is -2.04. The van der Waals surface area contributed by atoms with Gasteiger partial charge in [-0.3, -0.25) is 9.98 Å². The molecule has 0 atom stereocenters. The lowest BCUT2D eigenvalue weighted by molar-refractivity contribution is 1.46. The van der Waals surface area contributed by atoms with Gasteiger partial charge in [0, 0.05) is 23.6 Å². The molecule has 1 aromatic carbocycles. The highest BCUT2D eigenvalue weighted by Crippen LogP contribution is 2.27. The molecular weight excluding hydrogens is 284 g/mol. The van der Waals surface area contributed by atoms with Crippen LogP contribution in [0.4, 0.5) is 11.4 Å². The molecule has 0 aliphatic heterocycles. The molecule has 0 aliphatic rings. The van der Waals surface area contributed by atoms with Crippen LogP contribution < -0.4 is 0 Å². The van der Waals surface area contributed by atoms with Crippen LogP contribution in [0.1, 0.15) is 11.1 Å². The number of para-hydroxylation sites is 2. The molecule has 3 rings (SSSR count). The van der Waals surface area contributed by atoms with Crippen molar-refractivity contribution >= 4 is 46.5 Å². The fourth-order valence-corrected chi connectivity index (χ4v) is 2.89. The topological polar surface area (TPSA) is 24.7 Å². The minimum atomic E-state index is 0.880. The molecule has 0 amide bonds. The van der Waals surface area contributed by atoms with Crippen LogP contribution in [0.2, 0.25) is 0 Å². The molecule has 2 nitrogen and oxygen atoms in total. The summed E-state index contributed by atoms with van der Waals surface area (Å²) in [7, 11) is 0. The van der Waals surface area contributed by atoms with Gasteiger partial charge in [0.15, 0.2) is 0 Å². The third-order valence-electron chi connectivity index (χ3n) is 2.67. The summed E-state index contributed by atoms with van der Waals surface area (Å²) in [5, 5.41) is 8.23. The standard InChI is InChI=1S/C16H12N2S2/c1-2-4-16(18-10-14-6-8-20-12-14)15(3-1)17-9-13-5-7-19-11-13/h1-12H. The number of benzene rings is 1. The summed E-state index contributed by atoms with van der Waals surface area (Å²) in [5.41, 5.74) is 3.99. The largest absolute Gasteiger partial charge is 0.254 e. The van der Waals surface area contributed by atoms with E-state index in [9.17, 15) is 0 Å². The van der Waals surface area contributed by atoms with Gasteiger partial charge in [-0.2, -0.15) is 22.7 Å². The molecule has 2 aromatic heterocycles. The fraction of sp³-hybridized carbons (Fsp3) is 0. The van der Waals surface area contributed by atoms with Crippen molar-refractivity contribution in [2.75, 3.05) is 0 Å². The molecule has 3 aromatic rings. The van der Waals surface area contributed by atoms with Crippen LogP contribution in [0.3, 0.4) is 0 Å². The molecule has 0 unspecified atom stereocenters. The predicted molar refractivity (Wildman–Crippen MR) is 89.6 cm³/mol. The number of nitrogens with zero attached hydrogens (tertiary/aromatic N) is 2. The van der Waals surface area contributed by atoms with Crippen LogP contribution in [-0.4, -0.2) is 12.4 Å². The van der Waals surface area contributed by atoms with Gasteiger partial charge < -0.3 is 0 Å². The van der Waals surface area contributed by atoms with Crippen molar-refractivity contribution in [3.8, 4) is 0 Å². The van der Waals surface area contributed by atoms with Gasteiger partial charge in [-0.15, -0.1) is 0 Å². The van der Waals surface area contributed by atoms with Crippen LogP contribution in [0.25, 0.3) is 0 Å². The van der Waals surface area contributed by atoms with E-state index in [4.69, 9.17) is 0 Å². The van der Waals surface area contributed by atoms with E-state index in [1.54, 1.807) is 22.7 Å². The molecule has 0 radical (unpaired) electrons. The van der Waals surface area contributed by atoms with Gasteiger partial charge in [-0.25, -0.2) is 0 Å². The summed E-state index contributed by atoms with van der Waals surface area (Å²) in [5.74, 6) is 0. The summed E-state index contributed by atoms with van der Waals surface area (Å²) in [6, 6.07) is 12.0. The lowest BCUT2D eigenvalue weighted by atomic mass is 10.2. The lowest BCUT2D eigenvalue weighted by Crippen LogP contribution is -1.76. The van der Waals surface area contributed by atoms with Crippen molar-refractivity contribution in [1.82, 2.24) is 0 Å². The van der Waals surface area contributed by atoms with Crippen molar-refractivity contribution in [2.45, 2.75) is 0 Å². The maximum atomic E-state index is 4.52. The molecule has 98 valence electrons. The van der Waals surface area contributed by atoms with E-state index < -0.39 is 0 Å². The van der Waals surface area contributed by atoms with E-state index in [1.807, 2.05) is 59.6 Å². The molecule has 0 aliphatic carbocycles. The van der Waals surface area contributed by atoms with Gasteiger partial charge in [0.05, 0.1) is 11.4 Å². The first kappa shape index (κ1) is 13.0. The number of hydrogen-bond acceptors (Lipinski definition) is 4. The van der Waals surface area contributed by atoms with Crippen molar-refractivity contribution in [3.63, 3.8) is 0 Å². The maximum absolute atomic E-state index is 4.52. The number of thiophene rings is 2. The zero-order valence-corrected chi connectivity index (χ0v) is 12.3. The number of rotatable bonds is 4. The van der Waals surface area contributed by atoms with Gasteiger partial charge in [0.1, 0.15) is 0 Å². The molecule has 0 saturated carbocycles. The van der Waals surface area contributed by atoms with Gasteiger partial charge in [0.25, 0.3) is 0 Å². The molecule has 0 N–H and O–H groups in total. The van der Waals surface area contributed by atoms with Crippen LogP contribution in [0.15, 0.2) is 67.9 Å². The lowest BCUT2D eigenvalue weighted by Gasteiger charge is -1.98. The number of aliphatic imine (C=N–C) groups is 2. The Balaban J connectivity index is 1.85. The minimum absolute atomic E-state index is 0.880. The average Bonchev–Trinajstić information content (AvgIpc) is 3.17. The third kappa shape index (κ3) is 3.29. The van der Waals surface area contributed by atoms with E-state index in [-0.39, 0.29) is 0 Å². The van der Waals surface area contributed by atoms with Crippen LogP contribution in [0, 0.1) is 0 Å². The first-order chi connectivity index (χ1) is 9.92. The Morgan fingerprint density at radius 2 is 1.20 bits per heavy atom. The fourth-order valence-electron chi connectivity index (χ4n) is 1.67. The van der Waals surface area contributed by atoms with E-state index in [0.29, 0.717) is 0 Å².